The summed E-state index contributed by atoms with van der Waals surface area (Å²) in [4.78, 5) is 22.3. The van der Waals surface area contributed by atoms with Crippen LogP contribution < -0.4 is 9.64 Å². The van der Waals surface area contributed by atoms with Crippen LogP contribution in [0.2, 0.25) is 0 Å². The number of anilines is 1. The molecular weight excluding hydrogens is 398 g/mol. The summed E-state index contributed by atoms with van der Waals surface area (Å²) in [5.74, 6) is 0.815. The number of fused-ring (bicyclic) bond motifs is 1. The fourth-order valence-corrected chi connectivity index (χ4v) is 4.58. The van der Waals surface area contributed by atoms with Gasteiger partial charge in [0, 0.05) is 31.7 Å². The van der Waals surface area contributed by atoms with Gasteiger partial charge in [0.25, 0.3) is 5.91 Å². The van der Waals surface area contributed by atoms with Crippen LogP contribution in [0.25, 0.3) is 10.2 Å². The molecule has 3 aromatic rings. The molecule has 0 aliphatic carbocycles. The molecule has 1 amide bonds. The van der Waals surface area contributed by atoms with E-state index >= 15 is 0 Å². The quantitative estimate of drug-likeness (QED) is 0.545. The van der Waals surface area contributed by atoms with Gasteiger partial charge < -0.3 is 9.47 Å². The number of amides is 1. The first-order valence-corrected chi connectivity index (χ1v) is 11.3. The Morgan fingerprint density at radius 1 is 1.20 bits per heavy atom. The van der Waals surface area contributed by atoms with Crippen molar-refractivity contribution in [1.29, 1.82) is 0 Å². The topological polar surface area (TPSA) is 54.9 Å². The number of hydrogen-bond donors (Lipinski definition) is 0. The second-order valence-corrected chi connectivity index (χ2v) is 8.20. The molecule has 0 unspecified atom stereocenters. The van der Waals surface area contributed by atoms with Gasteiger partial charge in [0.1, 0.15) is 5.75 Å². The van der Waals surface area contributed by atoms with E-state index in [1.54, 1.807) is 0 Å². The van der Waals surface area contributed by atoms with Gasteiger partial charge in [0.2, 0.25) is 0 Å². The molecule has 6 nitrogen and oxygen atoms in total. The first-order valence-electron chi connectivity index (χ1n) is 10.4. The van der Waals surface area contributed by atoms with Gasteiger partial charge in [0.05, 0.1) is 30.0 Å². The lowest BCUT2D eigenvalue weighted by atomic mass is 10.2. The van der Waals surface area contributed by atoms with Crippen LogP contribution in [-0.2, 0) is 4.74 Å². The first kappa shape index (κ1) is 20.8. The summed E-state index contributed by atoms with van der Waals surface area (Å²) in [6.07, 6.45) is 0.888. The minimum absolute atomic E-state index is 0.0123. The molecule has 2 aromatic carbocycles. The van der Waals surface area contributed by atoms with Crippen molar-refractivity contribution >= 4 is 32.6 Å². The molecule has 4 rings (SSSR count). The third-order valence-electron chi connectivity index (χ3n) is 5.12. The number of aromatic nitrogens is 1. The van der Waals surface area contributed by atoms with E-state index in [2.05, 4.69) is 4.90 Å². The molecule has 0 atom stereocenters. The molecular formula is C23H27N3O3S. The molecule has 2 heterocycles. The number of rotatable bonds is 8. The van der Waals surface area contributed by atoms with E-state index in [-0.39, 0.29) is 5.91 Å². The molecule has 30 heavy (non-hydrogen) atoms. The molecule has 1 aliphatic heterocycles. The summed E-state index contributed by atoms with van der Waals surface area (Å²) < 4.78 is 12.1. The van der Waals surface area contributed by atoms with Gasteiger partial charge >= 0.3 is 0 Å². The fourth-order valence-electron chi connectivity index (χ4n) is 3.56. The largest absolute Gasteiger partial charge is 0.494 e. The molecule has 0 spiro atoms. The number of carbonyl (C=O) groups excluding carboxylic acids is 1. The Hall–Kier alpha value is -2.48. The van der Waals surface area contributed by atoms with E-state index in [4.69, 9.17) is 14.5 Å². The van der Waals surface area contributed by atoms with Crippen LogP contribution in [0.4, 0.5) is 5.13 Å². The normalized spacial score (nSPS) is 14.7. The SMILES string of the molecule is CCOc1ccc2nc(N(CCCN3CCOCC3)C(=O)c3ccccc3)sc2c1. The van der Waals surface area contributed by atoms with Gasteiger partial charge in [-0.1, -0.05) is 29.5 Å². The highest BCUT2D eigenvalue weighted by molar-refractivity contribution is 7.22. The van der Waals surface area contributed by atoms with Crippen molar-refractivity contribution in [1.82, 2.24) is 9.88 Å². The van der Waals surface area contributed by atoms with Crippen molar-refractivity contribution in [2.24, 2.45) is 0 Å². The zero-order valence-corrected chi connectivity index (χ0v) is 18.1. The van der Waals surface area contributed by atoms with Gasteiger partial charge in [-0.05, 0) is 43.7 Å². The number of morpholine rings is 1. The molecule has 1 fully saturated rings. The number of thiazole rings is 1. The highest BCUT2D eigenvalue weighted by Crippen LogP contribution is 2.32. The Labute approximate surface area is 181 Å². The molecule has 158 valence electrons. The summed E-state index contributed by atoms with van der Waals surface area (Å²) in [5.41, 5.74) is 1.57. The average Bonchev–Trinajstić information content (AvgIpc) is 3.21. The lowest BCUT2D eigenvalue weighted by Crippen LogP contribution is -2.39. The van der Waals surface area contributed by atoms with Crippen LogP contribution >= 0.6 is 11.3 Å². The predicted molar refractivity (Wildman–Crippen MR) is 121 cm³/mol. The smallest absolute Gasteiger partial charge is 0.260 e. The third-order valence-corrected chi connectivity index (χ3v) is 6.16. The van der Waals surface area contributed by atoms with E-state index < -0.39 is 0 Å². The maximum absolute atomic E-state index is 13.3. The molecule has 0 N–H and O–H groups in total. The van der Waals surface area contributed by atoms with Crippen LogP contribution in [0.3, 0.4) is 0 Å². The third kappa shape index (κ3) is 4.98. The summed E-state index contributed by atoms with van der Waals surface area (Å²) >= 11 is 1.53. The highest BCUT2D eigenvalue weighted by Gasteiger charge is 2.22. The van der Waals surface area contributed by atoms with E-state index in [9.17, 15) is 4.79 Å². The van der Waals surface area contributed by atoms with E-state index in [0.717, 1.165) is 60.4 Å². The monoisotopic (exact) mass is 425 g/mol. The van der Waals surface area contributed by atoms with Crippen LogP contribution in [0.1, 0.15) is 23.7 Å². The molecule has 1 saturated heterocycles. The second kappa shape index (κ2) is 10.0. The highest BCUT2D eigenvalue weighted by atomic mass is 32.1. The number of benzene rings is 2. The minimum atomic E-state index is -0.0123. The Bertz CT molecular complexity index is 970. The van der Waals surface area contributed by atoms with Crippen LogP contribution in [-0.4, -0.2) is 61.8 Å². The first-order chi connectivity index (χ1) is 14.7. The summed E-state index contributed by atoms with van der Waals surface area (Å²) in [5, 5.41) is 0.731. The van der Waals surface area contributed by atoms with Crippen molar-refractivity contribution in [2.45, 2.75) is 13.3 Å². The van der Waals surface area contributed by atoms with Crippen molar-refractivity contribution in [3.8, 4) is 5.75 Å². The van der Waals surface area contributed by atoms with Crippen LogP contribution in [0.5, 0.6) is 5.75 Å². The number of nitrogens with zero attached hydrogens (tertiary/aromatic N) is 3. The van der Waals surface area contributed by atoms with E-state index in [1.807, 2.05) is 60.4 Å². The lowest BCUT2D eigenvalue weighted by molar-refractivity contribution is 0.0376. The van der Waals surface area contributed by atoms with Crippen molar-refractivity contribution in [2.75, 3.05) is 50.9 Å². The van der Waals surface area contributed by atoms with Crippen molar-refractivity contribution in [3.05, 3.63) is 54.1 Å². The number of carbonyl (C=O) groups is 1. The van der Waals surface area contributed by atoms with Gasteiger partial charge in [-0.3, -0.25) is 14.6 Å². The zero-order chi connectivity index (χ0) is 20.8. The van der Waals surface area contributed by atoms with Crippen LogP contribution in [0, 0.1) is 0 Å². The Balaban J connectivity index is 1.55. The summed E-state index contributed by atoms with van der Waals surface area (Å²) in [6.45, 7) is 7.64. The standard InChI is InChI=1S/C23H27N3O3S/c1-2-29-19-9-10-20-21(17-19)30-23(24-20)26(22(27)18-7-4-3-5-8-18)12-6-11-25-13-15-28-16-14-25/h3-5,7-10,17H,2,6,11-16H2,1H3. The van der Waals surface area contributed by atoms with E-state index in [1.165, 1.54) is 11.3 Å². The summed E-state index contributed by atoms with van der Waals surface area (Å²) in [7, 11) is 0. The van der Waals surface area contributed by atoms with Gasteiger partial charge in [-0.2, -0.15) is 0 Å². The number of ether oxygens (including phenoxy) is 2. The van der Waals surface area contributed by atoms with E-state index in [0.29, 0.717) is 18.7 Å². The Morgan fingerprint density at radius 2 is 2.00 bits per heavy atom. The van der Waals surface area contributed by atoms with Crippen molar-refractivity contribution < 1.29 is 14.3 Å². The maximum atomic E-state index is 13.3. The molecule has 1 aliphatic rings. The van der Waals surface area contributed by atoms with Gasteiger partial charge in [-0.15, -0.1) is 0 Å². The fraction of sp³-hybridized carbons (Fsp3) is 0.391. The van der Waals surface area contributed by atoms with Crippen LogP contribution in [0.15, 0.2) is 48.5 Å². The Kier molecular flexibility index (Phi) is 6.94. The Morgan fingerprint density at radius 3 is 2.77 bits per heavy atom. The molecule has 1 aromatic heterocycles. The zero-order valence-electron chi connectivity index (χ0n) is 17.3. The number of hydrogen-bond acceptors (Lipinski definition) is 6. The van der Waals surface area contributed by atoms with Crippen molar-refractivity contribution in [3.63, 3.8) is 0 Å². The van der Waals surface area contributed by atoms with Gasteiger partial charge in [0.15, 0.2) is 5.13 Å². The predicted octanol–water partition coefficient (Wildman–Crippen LogP) is 4.06. The molecule has 7 heteroatoms. The average molecular weight is 426 g/mol. The molecule has 0 saturated carbocycles. The molecule has 0 radical (unpaired) electrons. The second-order valence-electron chi connectivity index (χ2n) is 7.19. The molecule has 0 bridgehead atoms. The van der Waals surface area contributed by atoms with Gasteiger partial charge in [-0.25, -0.2) is 4.98 Å². The minimum Gasteiger partial charge on any atom is -0.494 e. The maximum Gasteiger partial charge on any atom is 0.260 e. The lowest BCUT2D eigenvalue weighted by Gasteiger charge is -2.27. The summed E-state index contributed by atoms with van der Waals surface area (Å²) in [6, 6.07) is 15.3.